The van der Waals surface area contributed by atoms with Gasteiger partial charge in [0, 0.05) is 19.1 Å². The molecule has 5 heteroatoms. The smallest absolute Gasteiger partial charge is 0.246 e. The van der Waals surface area contributed by atoms with Crippen molar-refractivity contribution in [3.05, 3.63) is 35.9 Å². The number of nitrogens with zero attached hydrogens (tertiary/aromatic N) is 2. The number of piperazine rings is 1. The normalized spacial score (nSPS) is 21.7. The maximum Gasteiger partial charge on any atom is 0.246 e. The summed E-state index contributed by atoms with van der Waals surface area (Å²) in [5, 5.41) is 3.14. The van der Waals surface area contributed by atoms with E-state index in [4.69, 9.17) is 0 Å². The zero-order valence-electron chi connectivity index (χ0n) is 22.9. The molecule has 3 rings (SSSR count). The van der Waals surface area contributed by atoms with Gasteiger partial charge in [-0.25, -0.2) is 0 Å². The lowest BCUT2D eigenvalue weighted by Crippen LogP contribution is -2.74. The number of hydrogen-bond acceptors (Lipinski definition) is 3. The lowest BCUT2D eigenvalue weighted by molar-refractivity contribution is -0.165. The highest BCUT2D eigenvalue weighted by molar-refractivity contribution is 6.00. The van der Waals surface area contributed by atoms with Crippen molar-refractivity contribution in [2.75, 3.05) is 19.6 Å². The molecule has 2 fully saturated rings. The molecule has 0 bridgehead atoms. The molecule has 2 saturated heterocycles. The van der Waals surface area contributed by atoms with Gasteiger partial charge < -0.3 is 15.1 Å². The predicted octanol–water partition coefficient (Wildman–Crippen LogP) is 5.43. The number of rotatable bonds is 12. The summed E-state index contributed by atoms with van der Waals surface area (Å²) in [5.41, 5.74) is 0.756. The van der Waals surface area contributed by atoms with Crippen LogP contribution in [0.1, 0.15) is 91.5 Å². The van der Waals surface area contributed by atoms with Gasteiger partial charge in [-0.1, -0.05) is 70.9 Å². The molecule has 1 aromatic carbocycles. The standard InChI is InChI=1S/C30H49N3O2/c1-23(2)21-25(5)33-28(34)27(22-24(3)4)31-29(35)30(33)16-19-32(20-17-30)18-12-7-6-9-13-26-14-10-8-11-15-26/h8,10-11,14-15,23-25,27H,6-7,9,12-13,16-22H2,1-5H3,(H,31,35)/t25?,27-/m0/s1. The molecule has 1 spiro atoms. The van der Waals surface area contributed by atoms with Gasteiger partial charge in [0.1, 0.15) is 11.6 Å². The molecule has 2 amide bonds. The lowest BCUT2D eigenvalue weighted by atomic mass is 9.79. The lowest BCUT2D eigenvalue weighted by Gasteiger charge is -2.54. The van der Waals surface area contributed by atoms with Crippen molar-refractivity contribution in [3.8, 4) is 0 Å². The largest absolute Gasteiger partial charge is 0.342 e. The van der Waals surface area contributed by atoms with Crippen LogP contribution in [0.15, 0.2) is 30.3 Å². The third kappa shape index (κ3) is 7.31. The minimum absolute atomic E-state index is 0.0823. The van der Waals surface area contributed by atoms with Gasteiger partial charge in [-0.15, -0.1) is 0 Å². The third-order valence-electron chi connectivity index (χ3n) is 7.90. The van der Waals surface area contributed by atoms with Crippen molar-refractivity contribution in [2.24, 2.45) is 11.8 Å². The Kier molecular flexibility index (Phi) is 10.2. The van der Waals surface area contributed by atoms with Crippen LogP contribution >= 0.6 is 0 Å². The first-order valence-corrected chi connectivity index (χ1v) is 14.1. The minimum Gasteiger partial charge on any atom is -0.342 e. The zero-order valence-corrected chi connectivity index (χ0v) is 22.9. The number of piperidine rings is 1. The van der Waals surface area contributed by atoms with Crippen LogP contribution in [0, 0.1) is 11.8 Å². The number of hydrogen-bond donors (Lipinski definition) is 1. The molecule has 0 aliphatic carbocycles. The molecule has 1 N–H and O–H groups in total. The second-order valence-corrected chi connectivity index (χ2v) is 11.9. The maximum atomic E-state index is 13.7. The predicted molar refractivity (Wildman–Crippen MR) is 144 cm³/mol. The summed E-state index contributed by atoms with van der Waals surface area (Å²) in [4.78, 5) is 31.7. The molecule has 0 saturated carbocycles. The number of nitrogens with one attached hydrogen (secondary N) is 1. The molecule has 5 nitrogen and oxygen atoms in total. The summed E-state index contributed by atoms with van der Waals surface area (Å²) >= 11 is 0. The number of amides is 2. The third-order valence-corrected chi connectivity index (χ3v) is 7.90. The second-order valence-electron chi connectivity index (χ2n) is 11.9. The van der Waals surface area contributed by atoms with E-state index in [1.54, 1.807) is 0 Å². The fourth-order valence-corrected chi connectivity index (χ4v) is 6.18. The van der Waals surface area contributed by atoms with Gasteiger partial charge in [-0.3, -0.25) is 9.59 Å². The quantitative estimate of drug-likeness (QED) is 0.403. The molecule has 1 unspecified atom stereocenters. The van der Waals surface area contributed by atoms with Gasteiger partial charge in [0.15, 0.2) is 0 Å². The van der Waals surface area contributed by atoms with Gasteiger partial charge in [-0.2, -0.15) is 0 Å². The molecule has 196 valence electrons. The van der Waals surface area contributed by atoms with Crippen LogP contribution in [-0.4, -0.2) is 58.9 Å². The average molecular weight is 484 g/mol. The topological polar surface area (TPSA) is 52.7 Å². The molecule has 35 heavy (non-hydrogen) atoms. The van der Waals surface area contributed by atoms with Crippen molar-refractivity contribution < 1.29 is 9.59 Å². The van der Waals surface area contributed by atoms with Crippen LogP contribution in [0.4, 0.5) is 0 Å². The van der Waals surface area contributed by atoms with Gasteiger partial charge in [0.05, 0.1) is 0 Å². The van der Waals surface area contributed by atoms with Gasteiger partial charge in [-0.05, 0) is 75.8 Å². The Hall–Kier alpha value is -1.88. The van der Waals surface area contributed by atoms with Crippen molar-refractivity contribution in [2.45, 2.75) is 110 Å². The van der Waals surface area contributed by atoms with Crippen molar-refractivity contribution in [1.82, 2.24) is 15.1 Å². The highest BCUT2D eigenvalue weighted by Crippen LogP contribution is 2.36. The number of benzene rings is 1. The van der Waals surface area contributed by atoms with Gasteiger partial charge in [0.2, 0.25) is 11.8 Å². The molecule has 2 heterocycles. The molecular weight excluding hydrogens is 434 g/mol. The zero-order chi connectivity index (χ0) is 25.4. The highest BCUT2D eigenvalue weighted by atomic mass is 16.2. The van der Waals surface area contributed by atoms with E-state index in [1.165, 1.54) is 37.7 Å². The SMILES string of the molecule is CC(C)CC(C)N1C(=O)[C@H](CC(C)C)NC(=O)C12CCN(CCCCCCc1ccccc1)CC2. The first-order valence-electron chi connectivity index (χ1n) is 14.1. The fraction of sp³-hybridized carbons (Fsp3) is 0.733. The number of unbranched alkanes of at least 4 members (excludes halogenated alkanes) is 3. The number of likely N-dealkylation sites (tertiary alicyclic amines) is 1. The molecule has 0 radical (unpaired) electrons. The summed E-state index contributed by atoms with van der Waals surface area (Å²) in [6.07, 6.45) is 9.27. The number of carbonyl (C=O) groups excluding carboxylic acids is 2. The molecule has 2 aliphatic rings. The molecule has 0 aromatic heterocycles. The van der Waals surface area contributed by atoms with Crippen LogP contribution in [0.25, 0.3) is 0 Å². The summed E-state index contributed by atoms with van der Waals surface area (Å²) in [7, 11) is 0. The van der Waals surface area contributed by atoms with Crippen molar-refractivity contribution >= 4 is 11.8 Å². The van der Waals surface area contributed by atoms with Gasteiger partial charge >= 0.3 is 0 Å². The van der Waals surface area contributed by atoms with E-state index >= 15 is 0 Å². The van der Waals surface area contributed by atoms with E-state index in [-0.39, 0.29) is 23.9 Å². The number of carbonyl (C=O) groups is 2. The molecule has 2 aliphatic heterocycles. The summed E-state index contributed by atoms with van der Waals surface area (Å²) < 4.78 is 0. The van der Waals surface area contributed by atoms with Gasteiger partial charge in [0.25, 0.3) is 0 Å². The maximum absolute atomic E-state index is 13.7. The summed E-state index contributed by atoms with van der Waals surface area (Å²) in [5.74, 6) is 1.08. The van der Waals surface area contributed by atoms with E-state index < -0.39 is 5.54 Å². The van der Waals surface area contributed by atoms with E-state index in [0.29, 0.717) is 18.3 Å². The summed E-state index contributed by atoms with van der Waals surface area (Å²) in [6, 6.07) is 10.4. The van der Waals surface area contributed by atoms with E-state index in [9.17, 15) is 9.59 Å². The summed E-state index contributed by atoms with van der Waals surface area (Å²) in [6.45, 7) is 13.7. The van der Waals surface area contributed by atoms with Crippen molar-refractivity contribution in [3.63, 3.8) is 0 Å². The van der Waals surface area contributed by atoms with Crippen LogP contribution in [0.5, 0.6) is 0 Å². The first kappa shape index (κ1) is 27.7. The Morgan fingerprint density at radius 1 is 0.914 bits per heavy atom. The van der Waals surface area contributed by atoms with Crippen LogP contribution in [-0.2, 0) is 16.0 Å². The fourth-order valence-electron chi connectivity index (χ4n) is 6.18. The molecule has 2 atom stereocenters. The Morgan fingerprint density at radius 2 is 1.57 bits per heavy atom. The monoisotopic (exact) mass is 483 g/mol. The number of aryl methyl sites for hydroxylation is 1. The first-order chi connectivity index (χ1) is 16.7. The minimum atomic E-state index is -0.676. The van der Waals surface area contributed by atoms with E-state index in [1.807, 2.05) is 4.90 Å². The second kappa shape index (κ2) is 12.9. The van der Waals surface area contributed by atoms with Crippen LogP contribution in [0.2, 0.25) is 0 Å². The average Bonchev–Trinajstić information content (AvgIpc) is 2.81. The highest BCUT2D eigenvalue weighted by Gasteiger charge is 2.54. The Labute approximate surface area is 214 Å². The van der Waals surface area contributed by atoms with Crippen LogP contribution < -0.4 is 5.32 Å². The molecule has 1 aromatic rings. The molecular formula is C30H49N3O2. The Morgan fingerprint density at radius 3 is 2.20 bits per heavy atom. The van der Waals surface area contributed by atoms with Crippen LogP contribution in [0.3, 0.4) is 0 Å². The van der Waals surface area contributed by atoms with E-state index in [2.05, 4.69) is 75.2 Å². The van der Waals surface area contributed by atoms with E-state index in [0.717, 1.165) is 38.9 Å². The Bertz CT molecular complexity index is 799. The Balaban J connectivity index is 1.52. The van der Waals surface area contributed by atoms with Crippen molar-refractivity contribution in [1.29, 1.82) is 0 Å².